The number of hydrogen-bond acceptors (Lipinski definition) is 4. The van der Waals surface area contributed by atoms with Crippen LogP contribution in [-0.2, 0) is 20.1 Å². The number of benzene rings is 1. The highest BCUT2D eigenvalue weighted by molar-refractivity contribution is 5.40. The van der Waals surface area contributed by atoms with Gasteiger partial charge in [-0.25, -0.2) is 0 Å². The van der Waals surface area contributed by atoms with E-state index in [1.54, 1.807) is 4.68 Å². The van der Waals surface area contributed by atoms with Crippen molar-refractivity contribution in [3.8, 4) is 5.75 Å². The summed E-state index contributed by atoms with van der Waals surface area (Å²) in [6.07, 6.45) is 3.92. The van der Waals surface area contributed by atoms with Crippen molar-refractivity contribution in [2.75, 3.05) is 0 Å². The molecule has 94 valence electrons. The maximum absolute atomic E-state index is 6.00. The quantitative estimate of drug-likeness (QED) is 0.884. The molecule has 2 aromatic rings. The summed E-state index contributed by atoms with van der Waals surface area (Å²) in [5, 5.41) is 7.85. The van der Waals surface area contributed by atoms with Crippen molar-refractivity contribution in [1.29, 1.82) is 0 Å². The largest absolute Gasteiger partial charge is 0.487 e. The predicted octanol–water partition coefficient (Wildman–Crippen LogP) is 1.34. The van der Waals surface area contributed by atoms with E-state index in [1.807, 2.05) is 19.3 Å². The van der Waals surface area contributed by atoms with Crippen LogP contribution in [-0.4, -0.2) is 15.0 Å². The van der Waals surface area contributed by atoms with Crippen molar-refractivity contribution in [2.45, 2.75) is 25.5 Å². The van der Waals surface area contributed by atoms with Crippen LogP contribution in [0.25, 0.3) is 0 Å². The van der Waals surface area contributed by atoms with Gasteiger partial charge in [-0.15, -0.1) is 5.10 Å². The second-order valence-corrected chi connectivity index (χ2v) is 4.68. The van der Waals surface area contributed by atoms with Gasteiger partial charge in [0.05, 0.1) is 6.20 Å². The first-order valence-electron chi connectivity index (χ1n) is 6.09. The summed E-state index contributed by atoms with van der Waals surface area (Å²) in [5.74, 6) is 0.869. The Bertz CT molecular complexity index is 564. The molecule has 0 saturated carbocycles. The molecule has 0 bridgehead atoms. The molecule has 1 aromatic heterocycles. The highest BCUT2D eigenvalue weighted by Gasteiger charge is 2.19. The molecule has 0 aliphatic heterocycles. The Labute approximate surface area is 106 Å². The van der Waals surface area contributed by atoms with Crippen LogP contribution in [0.15, 0.2) is 24.4 Å². The minimum absolute atomic E-state index is 0.189. The smallest absolute Gasteiger partial charge is 0.134 e. The number of hydrogen-bond donors (Lipinski definition) is 1. The molecule has 1 heterocycles. The van der Waals surface area contributed by atoms with E-state index < -0.39 is 0 Å². The molecule has 0 unspecified atom stereocenters. The molecule has 0 amide bonds. The van der Waals surface area contributed by atoms with Gasteiger partial charge < -0.3 is 10.5 Å². The normalized spacial score (nSPS) is 17.8. The lowest BCUT2D eigenvalue weighted by Crippen LogP contribution is -2.05. The van der Waals surface area contributed by atoms with Gasteiger partial charge in [-0.05, 0) is 36.1 Å². The van der Waals surface area contributed by atoms with Crippen molar-refractivity contribution in [1.82, 2.24) is 15.0 Å². The SMILES string of the molecule is Cn1cc(COc2ccc3c(c2)CC[C@H]3N)nn1. The van der Waals surface area contributed by atoms with Gasteiger partial charge in [-0.1, -0.05) is 11.3 Å². The van der Waals surface area contributed by atoms with E-state index in [0.29, 0.717) is 6.61 Å². The second-order valence-electron chi connectivity index (χ2n) is 4.68. The third kappa shape index (κ3) is 2.09. The van der Waals surface area contributed by atoms with Crippen molar-refractivity contribution >= 4 is 0 Å². The lowest BCUT2D eigenvalue weighted by atomic mass is 10.1. The van der Waals surface area contributed by atoms with Crippen LogP contribution in [0, 0.1) is 0 Å². The zero-order valence-electron chi connectivity index (χ0n) is 10.3. The molecule has 1 aliphatic rings. The monoisotopic (exact) mass is 244 g/mol. The van der Waals surface area contributed by atoms with Crippen molar-refractivity contribution < 1.29 is 4.74 Å². The summed E-state index contributed by atoms with van der Waals surface area (Å²) in [7, 11) is 1.84. The molecule has 0 fully saturated rings. The molecule has 5 heteroatoms. The molecule has 18 heavy (non-hydrogen) atoms. The zero-order valence-corrected chi connectivity index (χ0v) is 10.3. The summed E-state index contributed by atoms with van der Waals surface area (Å²) in [6.45, 7) is 0.443. The van der Waals surface area contributed by atoms with E-state index in [1.165, 1.54) is 11.1 Å². The van der Waals surface area contributed by atoms with Crippen LogP contribution in [0.4, 0.5) is 0 Å². The predicted molar refractivity (Wildman–Crippen MR) is 67.0 cm³/mol. The molecular formula is C13H16N4O. The Kier molecular flexibility index (Phi) is 2.76. The van der Waals surface area contributed by atoms with E-state index in [-0.39, 0.29) is 6.04 Å². The first-order chi connectivity index (χ1) is 8.72. The summed E-state index contributed by atoms with van der Waals surface area (Å²) in [4.78, 5) is 0. The van der Waals surface area contributed by atoms with Gasteiger partial charge in [-0.3, -0.25) is 4.68 Å². The van der Waals surface area contributed by atoms with Gasteiger partial charge in [0.2, 0.25) is 0 Å². The Morgan fingerprint density at radius 2 is 2.39 bits per heavy atom. The third-order valence-corrected chi connectivity index (χ3v) is 3.28. The lowest BCUT2D eigenvalue weighted by Gasteiger charge is -2.08. The Balaban J connectivity index is 1.70. The minimum Gasteiger partial charge on any atom is -0.487 e. The van der Waals surface area contributed by atoms with Gasteiger partial charge >= 0.3 is 0 Å². The fraction of sp³-hybridized carbons (Fsp3) is 0.385. The summed E-state index contributed by atoms with van der Waals surface area (Å²) in [5.41, 5.74) is 9.39. The van der Waals surface area contributed by atoms with E-state index in [0.717, 1.165) is 24.3 Å². The van der Waals surface area contributed by atoms with E-state index in [9.17, 15) is 0 Å². The second kappa shape index (κ2) is 4.42. The number of aryl methyl sites for hydroxylation is 2. The number of nitrogens with zero attached hydrogens (tertiary/aromatic N) is 3. The van der Waals surface area contributed by atoms with Gasteiger partial charge in [0.25, 0.3) is 0 Å². The molecule has 1 aliphatic carbocycles. The summed E-state index contributed by atoms with van der Waals surface area (Å²) >= 11 is 0. The molecular weight excluding hydrogens is 228 g/mol. The van der Waals surface area contributed by atoms with Crippen LogP contribution in [0.3, 0.4) is 0 Å². The number of fused-ring (bicyclic) bond motifs is 1. The fourth-order valence-electron chi connectivity index (χ4n) is 2.34. The molecule has 1 aromatic carbocycles. The topological polar surface area (TPSA) is 66.0 Å². The molecule has 0 spiro atoms. The van der Waals surface area contributed by atoms with E-state index in [4.69, 9.17) is 10.5 Å². The van der Waals surface area contributed by atoms with Gasteiger partial charge in [0, 0.05) is 13.1 Å². The Hall–Kier alpha value is -1.88. The van der Waals surface area contributed by atoms with Gasteiger partial charge in [0.1, 0.15) is 18.1 Å². The fourth-order valence-corrected chi connectivity index (χ4v) is 2.34. The van der Waals surface area contributed by atoms with Gasteiger partial charge in [0.15, 0.2) is 0 Å². The van der Waals surface area contributed by atoms with Crippen LogP contribution in [0.5, 0.6) is 5.75 Å². The molecule has 2 N–H and O–H groups in total. The molecule has 3 rings (SSSR count). The van der Waals surface area contributed by atoms with Crippen molar-refractivity contribution in [2.24, 2.45) is 12.8 Å². The van der Waals surface area contributed by atoms with E-state index in [2.05, 4.69) is 22.4 Å². The first-order valence-corrected chi connectivity index (χ1v) is 6.09. The summed E-state index contributed by atoms with van der Waals surface area (Å²) in [6, 6.07) is 6.31. The number of rotatable bonds is 3. The maximum atomic E-state index is 6.00. The van der Waals surface area contributed by atoms with Crippen LogP contribution in [0.2, 0.25) is 0 Å². The number of ether oxygens (including phenoxy) is 1. The first kappa shape index (κ1) is 11.2. The lowest BCUT2D eigenvalue weighted by molar-refractivity contribution is 0.301. The standard InChI is InChI=1S/C13H16N4O/c1-17-7-10(15-16-17)8-18-11-3-4-12-9(6-11)2-5-13(12)14/h3-4,6-7,13H,2,5,8,14H2,1H3/t13-/m1/s1. The summed E-state index contributed by atoms with van der Waals surface area (Å²) < 4.78 is 7.38. The van der Waals surface area contributed by atoms with Crippen molar-refractivity contribution in [3.05, 3.63) is 41.2 Å². The average molecular weight is 244 g/mol. The van der Waals surface area contributed by atoms with Crippen LogP contribution >= 0.6 is 0 Å². The molecule has 0 radical (unpaired) electrons. The van der Waals surface area contributed by atoms with Crippen LogP contribution in [0.1, 0.15) is 29.3 Å². The maximum Gasteiger partial charge on any atom is 0.134 e. The highest BCUT2D eigenvalue weighted by atomic mass is 16.5. The van der Waals surface area contributed by atoms with Crippen LogP contribution < -0.4 is 10.5 Å². The highest BCUT2D eigenvalue weighted by Crippen LogP contribution is 2.31. The third-order valence-electron chi connectivity index (χ3n) is 3.28. The Morgan fingerprint density at radius 3 is 3.17 bits per heavy atom. The molecule has 5 nitrogen and oxygen atoms in total. The zero-order chi connectivity index (χ0) is 12.5. The van der Waals surface area contributed by atoms with Crippen molar-refractivity contribution in [3.63, 3.8) is 0 Å². The average Bonchev–Trinajstić information content (AvgIpc) is 2.94. The molecule has 0 saturated heterocycles. The Morgan fingerprint density at radius 1 is 1.50 bits per heavy atom. The van der Waals surface area contributed by atoms with Gasteiger partial charge in [-0.2, -0.15) is 0 Å². The number of nitrogens with two attached hydrogens (primary N) is 1. The molecule has 1 atom stereocenters. The number of aromatic nitrogens is 3. The minimum atomic E-state index is 0.189. The van der Waals surface area contributed by atoms with E-state index >= 15 is 0 Å².